The second kappa shape index (κ2) is 9.91. The molecule has 140 valence electrons. The van der Waals surface area contributed by atoms with Crippen LogP contribution in [-0.2, 0) is 11.2 Å². The van der Waals surface area contributed by atoms with Gasteiger partial charge in [-0.15, -0.1) is 0 Å². The van der Waals surface area contributed by atoms with E-state index >= 15 is 0 Å². The van der Waals surface area contributed by atoms with Gasteiger partial charge >= 0.3 is 0 Å². The quantitative estimate of drug-likeness (QED) is 0.638. The van der Waals surface area contributed by atoms with Crippen LogP contribution < -0.4 is 23.5 Å². The van der Waals surface area contributed by atoms with E-state index in [4.69, 9.17) is 0 Å². The molecule has 0 fully saturated rings. The maximum atomic E-state index is 12.4. The molecule has 1 amide bonds. The fraction of sp³-hybridized carbons (Fsp3) is 0.174. The minimum atomic E-state index is -0.316. The first-order valence-corrected chi connectivity index (χ1v) is 8.96. The zero-order valence-electron chi connectivity index (χ0n) is 15.4. The van der Waals surface area contributed by atoms with Gasteiger partial charge < -0.3 is 23.5 Å². The van der Waals surface area contributed by atoms with Crippen molar-refractivity contribution in [1.29, 1.82) is 0 Å². The van der Waals surface area contributed by atoms with Crippen molar-refractivity contribution in [3.05, 3.63) is 96.1 Å². The number of hydrogen-bond donors (Lipinski definition) is 2. The highest BCUT2D eigenvalue weighted by molar-refractivity contribution is 5.81. The summed E-state index contributed by atoms with van der Waals surface area (Å²) in [7, 11) is 0. The van der Waals surface area contributed by atoms with Crippen molar-refractivity contribution in [1.82, 2.24) is 5.32 Å². The normalized spacial score (nSPS) is 12.5. The van der Waals surface area contributed by atoms with Crippen LogP contribution in [0.5, 0.6) is 0 Å². The van der Waals surface area contributed by atoms with Gasteiger partial charge in [-0.05, 0) is 29.2 Å². The molecule has 0 radical (unpaired) electrons. The minimum Gasteiger partial charge on any atom is -1.00 e. The third kappa shape index (κ3) is 5.68. The molecule has 3 aromatic rings. The Morgan fingerprint density at radius 1 is 0.852 bits per heavy atom. The van der Waals surface area contributed by atoms with E-state index in [-0.39, 0.29) is 30.4 Å². The van der Waals surface area contributed by atoms with Crippen LogP contribution in [0.25, 0.3) is 11.1 Å². The Morgan fingerprint density at radius 2 is 1.37 bits per heavy atom. The maximum Gasteiger partial charge on any atom is 0.278 e. The average Bonchev–Trinajstić information content (AvgIpc) is 2.70. The summed E-state index contributed by atoms with van der Waals surface area (Å²) in [5, 5.41) is 3.05. The molecule has 2 atom stereocenters. The van der Waals surface area contributed by atoms with Crippen molar-refractivity contribution in [3.63, 3.8) is 0 Å². The van der Waals surface area contributed by atoms with Crippen molar-refractivity contribution in [2.24, 2.45) is 0 Å². The molecule has 4 heteroatoms. The molecule has 0 bridgehead atoms. The summed E-state index contributed by atoms with van der Waals surface area (Å²) in [6.45, 7) is 1.99. The SMILES string of the molecule is C[C@H](NC(=O)[C@@H]([NH3+])Cc1ccc(-c2ccccc2)cc1)c1ccccc1.[Cl-]. The first-order valence-electron chi connectivity index (χ1n) is 8.96. The molecule has 27 heavy (non-hydrogen) atoms. The fourth-order valence-electron chi connectivity index (χ4n) is 3.00. The molecule has 0 aliphatic carbocycles. The highest BCUT2D eigenvalue weighted by Gasteiger charge is 2.20. The van der Waals surface area contributed by atoms with Crippen molar-refractivity contribution < 1.29 is 22.9 Å². The molecule has 4 N–H and O–H groups in total. The number of hydrogen-bond acceptors (Lipinski definition) is 1. The summed E-state index contributed by atoms with van der Waals surface area (Å²) in [6, 6.07) is 28.3. The Labute approximate surface area is 167 Å². The van der Waals surface area contributed by atoms with Crippen LogP contribution in [0.1, 0.15) is 24.1 Å². The second-order valence-electron chi connectivity index (χ2n) is 6.60. The lowest BCUT2D eigenvalue weighted by Crippen LogP contribution is -3.00. The summed E-state index contributed by atoms with van der Waals surface area (Å²) in [4.78, 5) is 12.4. The molecule has 0 unspecified atom stereocenters. The first kappa shape index (κ1) is 20.7. The Bertz CT molecular complexity index is 835. The number of rotatable bonds is 6. The van der Waals surface area contributed by atoms with Crippen LogP contribution in [0, 0.1) is 0 Å². The van der Waals surface area contributed by atoms with Crippen LogP contribution in [0.15, 0.2) is 84.9 Å². The van der Waals surface area contributed by atoms with Crippen LogP contribution in [-0.4, -0.2) is 11.9 Å². The molecule has 0 aliphatic rings. The van der Waals surface area contributed by atoms with Gasteiger partial charge in [0.15, 0.2) is 6.04 Å². The second-order valence-corrected chi connectivity index (χ2v) is 6.60. The van der Waals surface area contributed by atoms with Gasteiger partial charge in [-0.3, -0.25) is 4.79 Å². The highest BCUT2D eigenvalue weighted by atomic mass is 35.5. The number of carbonyl (C=O) groups is 1. The number of benzene rings is 3. The van der Waals surface area contributed by atoms with Crippen LogP contribution in [0.2, 0.25) is 0 Å². The van der Waals surface area contributed by atoms with Gasteiger partial charge in [-0.2, -0.15) is 0 Å². The topological polar surface area (TPSA) is 56.7 Å². The molecule has 3 rings (SSSR count). The molecular formula is C23H25ClN2O. The largest absolute Gasteiger partial charge is 1.00 e. The summed E-state index contributed by atoms with van der Waals surface area (Å²) >= 11 is 0. The van der Waals surface area contributed by atoms with Crippen molar-refractivity contribution >= 4 is 5.91 Å². The predicted octanol–water partition coefficient (Wildman–Crippen LogP) is 0.388. The van der Waals surface area contributed by atoms with Gasteiger partial charge in [-0.1, -0.05) is 84.9 Å². The molecule has 0 aliphatic heterocycles. The lowest BCUT2D eigenvalue weighted by Gasteiger charge is -2.16. The van der Waals surface area contributed by atoms with Gasteiger partial charge in [0.1, 0.15) is 0 Å². The summed E-state index contributed by atoms with van der Waals surface area (Å²) in [5.41, 5.74) is 8.64. The standard InChI is InChI=1S/C23H24N2O.ClH/c1-17(19-8-4-2-5-9-19)25-23(26)22(24)16-18-12-14-21(15-13-18)20-10-6-3-7-11-20;/h2-15,17,22H,16,24H2,1H3,(H,25,26);1H/t17-,22-;/m0./s1. The van der Waals surface area contributed by atoms with Gasteiger partial charge in [0.25, 0.3) is 5.91 Å². The smallest absolute Gasteiger partial charge is 0.278 e. The zero-order chi connectivity index (χ0) is 18.4. The first-order chi connectivity index (χ1) is 12.6. The van der Waals surface area contributed by atoms with Crippen molar-refractivity contribution in [2.45, 2.75) is 25.4 Å². The van der Waals surface area contributed by atoms with E-state index < -0.39 is 0 Å². The van der Waals surface area contributed by atoms with E-state index in [0.717, 1.165) is 11.1 Å². The Morgan fingerprint density at radius 3 is 1.96 bits per heavy atom. The lowest BCUT2D eigenvalue weighted by molar-refractivity contribution is -0.403. The monoisotopic (exact) mass is 380 g/mol. The number of halogens is 1. The van der Waals surface area contributed by atoms with Crippen LogP contribution >= 0.6 is 0 Å². The van der Waals surface area contributed by atoms with E-state index in [2.05, 4.69) is 47.4 Å². The summed E-state index contributed by atoms with van der Waals surface area (Å²) < 4.78 is 0. The molecule has 3 nitrogen and oxygen atoms in total. The van der Waals surface area contributed by atoms with Crippen LogP contribution in [0.4, 0.5) is 0 Å². The highest BCUT2D eigenvalue weighted by Crippen LogP contribution is 2.19. The molecule has 0 aromatic heterocycles. The number of amides is 1. The van der Waals surface area contributed by atoms with Crippen molar-refractivity contribution in [3.8, 4) is 11.1 Å². The Hall–Kier alpha value is -2.62. The molecule has 0 saturated carbocycles. The third-order valence-corrected chi connectivity index (χ3v) is 4.57. The average molecular weight is 381 g/mol. The lowest BCUT2D eigenvalue weighted by atomic mass is 10.0. The molecular weight excluding hydrogens is 356 g/mol. The summed E-state index contributed by atoms with van der Waals surface area (Å²) in [6.07, 6.45) is 0.627. The predicted molar refractivity (Wildman–Crippen MR) is 105 cm³/mol. The zero-order valence-corrected chi connectivity index (χ0v) is 16.2. The minimum absolute atomic E-state index is 0. The molecule has 0 spiro atoms. The number of quaternary nitrogens is 1. The number of carbonyl (C=O) groups excluding carboxylic acids is 1. The molecule has 0 heterocycles. The van der Waals surface area contributed by atoms with E-state index in [0.29, 0.717) is 6.42 Å². The molecule has 0 saturated heterocycles. The van der Waals surface area contributed by atoms with Crippen LogP contribution in [0.3, 0.4) is 0 Å². The van der Waals surface area contributed by atoms with E-state index in [1.165, 1.54) is 11.1 Å². The van der Waals surface area contributed by atoms with Gasteiger partial charge in [0.2, 0.25) is 0 Å². The van der Waals surface area contributed by atoms with E-state index in [1.54, 1.807) is 0 Å². The fourth-order valence-corrected chi connectivity index (χ4v) is 3.00. The van der Waals surface area contributed by atoms with Gasteiger partial charge in [0, 0.05) is 6.42 Å². The number of nitrogens with one attached hydrogen (secondary N) is 1. The summed E-state index contributed by atoms with van der Waals surface area (Å²) in [5.74, 6) is -0.0199. The Kier molecular flexibility index (Phi) is 7.59. The third-order valence-electron chi connectivity index (χ3n) is 4.57. The van der Waals surface area contributed by atoms with Gasteiger partial charge in [0.05, 0.1) is 6.04 Å². The van der Waals surface area contributed by atoms with Gasteiger partial charge in [-0.25, -0.2) is 0 Å². The maximum absolute atomic E-state index is 12.4. The van der Waals surface area contributed by atoms with E-state index in [1.807, 2.05) is 55.5 Å². The van der Waals surface area contributed by atoms with Crippen molar-refractivity contribution in [2.75, 3.05) is 0 Å². The Balaban J connectivity index is 0.00000261. The molecule has 3 aromatic carbocycles. The van der Waals surface area contributed by atoms with E-state index in [9.17, 15) is 4.79 Å².